The molecule has 1 aliphatic heterocycles. The van der Waals surface area contributed by atoms with Gasteiger partial charge >= 0.3 is 0 Å². The van der Waals surface area contributed by atoms with Crippen LogP contribution < -0.4 is 4.74 Å². The molecule has 0 radical (unpaired) electrons. The Morgan fingerprint density at radius 3 is 2.32 bits per heavy atom. The van der Waals surface area contributed by atoms with E-state index in [2.05, 4.69) is 24.8 Å². The fourth-order valence-corrected chi connectivity index (χ4v) is 3.77. The van der Waals surface area contributed by atoms with Gasteiger partial charge in [-0.25, -0.2) is 0 Å². The molecule has 28 heavy (non-hydrogen) atoms. The summed E-state index contributed by atoms with van der Waals surface area (Å²) in [5, 5.41) is 10.4. The molecule has 0 unspecified atom stereocenters. The molecule has 1 N–H and O–H groups in total. The third kappa shape index (κ3) is 4.47. The number of carbonyl (C=O) groups excluding carboxylic acids is 1. The Morgan fingerprint density at radius 2 is 1.75 bits per heavy atom. The third-order valence-corrected chi connectivity index (χ3v) is 5.48. The Hall–Kier alpha value is -2.53. The SMILES string of the molecule is COc1ccc(C(=O)N2CCN(Cc3cc(C(C)C)c(C)cc3O)CC2)cc1. The first-order valence-electron chi connectivity index (χ1n) is 9.87. The molecule has 1 heterocycles. The van der Waals surface area contributed by atoms with Crippen molar-refractivity contribution in [1.82, 2.24) is 9.80 Å². The molecule has 1 saturated heterocycles. The summed E-state index contributed by atoms with van der Waals surface area (Å²) in [5.41, 5.74) is 4.06. The lowest BCUT2D eigenvalue weighted by Gasteiger charge is -2.35. The van der Waals surface area contributed by atoms with E-state index < -0.39 is 0 Å². The van der Waals surface area contributed by atoms with Gasteiger partial charge in [-0.1, -0.05) is 19.9 Å². The highest BCUT2D eigenvalue weighted by molar-refractivity contribution is 5.94. The summed E-state index contributed by atoms with van der Waals surface area (Å²) in [5.74, 6) is 1.60. The monoisotopic (exact) mass is 382 g/mol. The summed E-state index contributed by atoms with van der Waals surface area (Å²) in [7, 11) is 1.62. The molecule has 1 amide bonds. The smallest absolute Gasteiger partial charge is 0.253 e. The number of hydrogen-bond donors (Lipinski definition) is 1. The van der Waals surface area contributed by atoms with Crippen LogP contribution in [0.25, 0.3) is 0 Å². The normalized spacial score (nSPS) is 15.1. The molecule has 0 aromatic heterocycles. The molecule has 0 saturated carbocycles. The van der Waals surface area contributed by atoms with E-state index in [1.165, 1.54) is 5.56 Å². The van der Waals surface area contributed by atoms with Crippen LogP contribution in [0, 0.1) is 6.92 Å². The fourth-order valence-electron chi connectivity index (χ4n) is 3.77. The van der Waals surface area contributed by atoms with Gasteiger partial charge in [-0.3, -0.25) is 9.69 Å². The lowest BCUT2D eigenvalue weighted by molar-refractivity contribution is 0.0627. The average molecular weight is 383 g/mol. The topological polar surface area (TPSA) is 53.0 Å². The van der Waals surface area contributed by atoms with Crippen LogP contribution in [0.2, 0.25) is 0 Å². The van der Waals surface area contributed by atoms with Gasteiger partial charge in [-0.15, -0.1) is 0 Å². The van der Waals surface area contributed by atoms with Crippen LogP contribution in [0.4, 0.5) is 0 Å². The van der Waals surface area contributed by atoms with Crippen LogP contribution in [0.1, 0.15) is 46.8 Å². The Labute approximate surface area is 167 Å². The first-order chi connectivity index (χ1) is 13.4. The molecule has 0 aliphatic carbocycles. The van der Waals surface area contributed by atoms with Crippen molar-refractivity contribution in [3.63, 3.8) is 0 Å². The molecule has 0 spiro atoms. The first-order valence-corrected chi connectivity index (χ1v) is 9.87. The Kier molecular flexibility index (Phi) is 6.25. The molecule has 5 heteroatoms. The number of phenols is 1. The Morgan fingerprint density at radius 1 is 1.11 bits per heavy atom. The fraction of sp³-hybridized carbons (Fsp3) is 0.435. The van der Waals surface area contributed by atoms with Gasteiger partial charge in [-0.2, -0.15) is 0 Å². The van der Waals surface area contributed by atoms with E-state index in [-0.39, 0.29) is 5.91 Å². The number of piperazine rings is 1. The highest BCUT2D eigenvalue weighted by Gasteiger charge is 2.23. The molecule has 1 aliphatic rings. The summed E-state index contributed by atoms with van der Waals surface area (Å²) in [6.45, 7) is 10.1. The molecule has 2 aromatic carbocycles. The number of methoxy groups -OCH3 is 1. The van der Waals surface area contributed by atoms with Crippen molar-refractivity contribution >= 4 is 5.91 Å². The predicted octanol–water partition coefficient (Wildman–Crippen LogP) is 3.79. The number of phenolic OH excluding ortho intramolecular Hbond substituents is 1. The van der Waals surface area contributed by atoms with Crippen molar-refractivity contribution in [2.75, 3.05) is 33.3 Å². The highest BCUT2D eigenvalue weighted by Crippen LogP contribution is 2.28. The Bertz CT molecular complexity index is 822. The van der Waals surface area contributed by atoms with Crippen LogP contribution in [0.3, 0.4) is 0 Å². The zero-order chi connectivity index (χ0) is 20.3. The van der Waals surface area contributed by atoms with Crippen molar-refractivity contribution in [1.29, 1.82) is 0 Å². The molecule has 1 fully saturated rings. The van der Waals surface area contributed by atoms with Gasteiger partial charge in [0.05, 0.1) is 7.11 Å². The minimum Gasteiger partial charge on any atom is -0.508 e. The number of benzene rings is 2. The lowest BCUT2D eigenvalue weighted by Crippen LogP contribution is -2.48. The summed E-state index contributed by atoms with van der Waals surface area (Å²) in [4.78, 5) is 16.9. The minimum atomic E-state index is 0.0579. The van der Waals surface area contributed by atoms with Gasteiger partial charge in [0.2, 0.25) is 0 Å². The summed E-state index contributed by atoms with van der Waals surface area (Å²) >= 11 is 0. The van der Waals surface area contributed by atoms with E-state index in [9.17, 15) is 9.90 Å². The summed E-state index contributed by atoms with van der Waals surface area (Å²) < 4.78 is 5.15. The summed E-state index contributed by atoms with van der Waals surface area (Å²) in [6, 6.07) is 11.3. The molecule has 0 atom stereocenters. The van der Waals surface area contributed by atoms with Crippen LogP contribution in [-0.2, 0) is 6.54 Å². The molecule has 0 bridgehead atoms. The van der Waals surface area contributed by atoms with Gasteiger partial charge < -0.3 is 14.7 Å². The molecule has 2 aromatic rings. The van der Waals surface area contributed by atoms with Gasteiger partial charge in [0.1, 0.15) is 11.5 Å². The molecule has 5 nitrogen and oxygen atoms in total. The van der Waals surface area contributed by atoms with E-state index in [4.69, 9.17) is 4.74 Å². The van der Waals surface area contributed by atoms with Gasteiger partial charge in [-0.05, 0) is 54.3 Å². The van der Waals surface area contributed by atoms with Crippen molar-refractivity contribution in [3.05, 3.63) is 58.7 Å². The molecule has 3 rings (SSSR count). The van der Waals surface area contributed by atoms with Gasteiger partial charge in [0.25, 0.3) is 5.91 Å². The second-order valence-corrected chi connectivity index (χ2v) is 7.79. The minimum absolute atomic E-state index is 0.0579. The maximum Gasteiger partial charge on any atom is 0.253 e. The van der Waals surface area contributed by atoms with E-state index in [1.807, 2.05) is 42.2 Å². The molecular weight excluding hydrogens is 352 g/mol. The number of rotatable bonds is 5. The maximum absolute atomic E-state index is 12.7. The van der Waals surface area contributed by atoms with Crippen LogP contribution in [0.5, 0.6) is 11.5 Å². The van der Waals surface area contributed by atoms with Crippen LogP contribution in [0.15, 0.2) is 36.4 Å². The zero-order valence-electron chi connectivity index (χ0n) is 17.2. The third-order valence-electron chi connectivity index (χ3n) is 5.48. The number of carbonyl (C=O) groups is 1. The highest BCUT2D eigenvalue weighted by atomic mass is 16.5. The molecular formula is C23H30N2O3. The number of aryl methyl sites for hydroxylation is 1. The van der Waals surface area contributed by atoms with Crippen molar-refractivity contribution in [3.8, 4) is 11.5 Å². The lowest BCUT2D eigenvalue weighted by atomic mass is 9.95. The number of nitrogens with zero attached hydrogens (tertiary/aromatic N) is 2. The quantitative estimate of drug-likeness (QED) is 0.855. The Balaban J connectivity index is 1.61. The maximum atomic E-state index is 12.7. The van der Waals surface area contributed by atoms with E-state index in [0.29, 0.717) is 36.9 Å². The second-order valence-electron chi connectivity index (χ2n) is 7.79. The van der Waals surface area contributed by atoms with Crippen LogP contribution >= 0.6 is 0 Å². The van der Waals surface area contributed by atoms with Crippen LogP contribution in [-0.4, -0.2) is 54.1 Å². The van der Waals surface area contributed by atoms with Crippen molar-refractivity contribution < 1.29 is 14.6 Å². The predicted molar refractivity (Wildman–Crippen MR) is 111 cm³/mol. The number of hydrogen-bond acceptors (Lipinski definition) is 4. The second kappa shape index (κ2) is 8.65. The zero-order valence-corrected chi connectivity index (χ0v) is 17.2. The van der Waals surface area contributed by atoms with Gasteiger partial charge in [0, 0.05) is 43.9 Å². The number of aromatic hydroxyl groups is 1. The number of ether oxygens (including phenoxy) is 1. The number of amides is 1. The molecule has 150 valence electrons. The van der Waals surface area contributed by atoms with Crippen molar-refractivity contribution in [2.24, 2.45) is 0 Å². The van der Waals surface area contributed by atoms with E-state index in [0.717, 1.165) is 30.0 Å². The average Bonchev–Trinajstić information content (AvgIpc) is 2.70. The summed E-state index contributed by atoms with van der Waals surface area (Å²) in [6.07, 6.45) is 0. The van der Waals surface area contributed by atoms with Crippen molar-refractivity contribution in [2.45, 2.75) is 33.2 Å². The van der Waals surface area contributed by atoms with Gasteiger partial charge in [0.15, 0.2) is 0 Å². The first kappa shape index (κ1) is 20.2. The largest absolute Gasteiger partial charge is 0.508 e. The van der Waals surface area contributed by atoms with E-state index in [1.54, 1.807) is 7.11 Å². The van der Waals surface area contributed by atoms with E-state index >= 15 is 0 Å². The standard InChI is InChI=1S/C23H30N2O3/c1-16(2)21-14-19(22(26)13-17(21)3)15-24-9-11-25(12-10-24)23(27)18-5-7-20(28-4)8-6-18/h5-8,13-14,16,26H,9-12,15H2,1-4H3.